The van der Waals surface area contributed by atoms with Crippen molar-refractivity contribution in [3.63, 3.8) is 0 Å². The summed E-state index contributed by atoms with van der Waals surface area (Å²) in [4.78, 5) is 9.13. The zero-order chi connectivity index (χ0) is 12.3. The SMILES string of the molecule is COCCCNCCCCCP(=O)(O)OC. The van der Waals surface area contributed by atoms with E-state index in [-0.39, 0.29) is 6.16 Å². The van der Waals surface area contributed by atoms with Crippen molar-refractivity contribution in [1.29, 1.82) is 0 Å². The summed E-state index contributed by atoms with van der Waals surface area (Å²) < 4.78 is 20.5. The van der Waals surface area contributed by atoms with E-state index in [9.17, 15) is 4.57 Å². The summed E-state index contributed by atoms with van der Waals surface area (Å²) in [6, 6.07) is 0. The van der Waals surface area contributed by atoms with Gasteiger partial charge in [-0.1, -0.05) is 6.42 Å². The third kappa shape index (κ3) is 10.6. The van der Waals surface area contributed by atoms with Gasteiger partial charge in [-0.05, 0) is 32.4 Å². The molecule has 0 heterocycles. The van der Waals surface area contributed by atoms with Gasteiger partial charge in [-0.3, -0.25) is 4.57 Å². The molecule has 0 spiro atoms. The monoisotopic (exact) mass is 253 g/mol. The zero-order valence-electron chi connectivity index (χ0n) is 10.3. The first-order chi connectivity index (χ1) is 7.62. The average Bonchev–Trinajstić information content (AvgIpc) is 2.27. The first-order valence-electron chi connectivity index (χ1n) is 5.69. The molecule has 0 aromatic heterocycles. The zero-order valence-corrected chi connectivity index (χ0v) is 11.2. The lowest BCUT2D eigenvalue weighted by molar-refractivity contribution is 0.194. The first kappa shape index (κ1) is 16.1. The van der Waals surface area contributed by atoms with Crippen molar-refractivity contribution in [2.24, 2.45) is 0 Å². The number of methoxy groups -OCH3 is 1. The van der Waals surface area contributed by atoms with Crippen molar-refractivity contribution in [1.82, 2.24) is 5.32 Å². The van der Waals surface area contributed by atoms with Gasteiger partial charge in [0.05, 0.1) is 0 Å². The van der Waals surface area contributed by atoms with Crippen molar-refractivity contribution in [3.05, 3.63) is 0 Å². The van der Waals surface area contributed by atoms with Gasteiger partial charge in [-0.25, -0.2) is 0 Å². The van der Waals surface area contributed by atoms with Crippen LogP contribution in [0.3, 0.4) is 0 Å². The fraction of sp³-hybridized carbons (Fsp3) is 1.00. The van der Waals surface area contributed by atoms with Crippen LogP contribution in [0.2, 0.25) is 0 Å². The lowest BCUT2D eigenvalue weighted by atomic mass is 10.2. The minimum absolute atomic E-state index is 0.257. The summed E-state index contributed by atoms with van der Waals surface area (Å²) in [5.41, 5.74) is 0. The molecule has 5 nitrogen and oxygen atoms in total. The van der Waals surface area contributed by atoms with Crippen molar-refractivity contribution >= 4 is 7.60 Å². The van der Waals surface area contributed by atoms with Crippen molar-refractivity contribution < 1.29 is 18.7 Å². The summed E-state index contributed by atoms with van der Waals surface area (Å²) in [6.07, 6.45) is 3.99. The highest BCUT2D eigenvalue weighted by Gasteiger charge is 2.15. The van der Waals surface area contributed by atoms with E-state index < -0.39 is 7.60 Å². The highest BCUT2D eigenvalue weighted by atomic mass is 31.2. The number of hydrogen-bond donors (Lipinski definition) is 2. The summed E-state index contributed by atoms with van der Waals surface area (Å²) in [7, 11) is -0.307. The molecule has 0 aromatic carbocycles. The van der Waals surface area contributed by atoms with E-state index in [1.165, 1.54) is 7.11 Å². The highest BCUT2D eigenvalue weighted by Crippen LogP contribution is 2.41. The fourth-order valence-corrected chi connectivity index (χ4v) is 2.10. The molecule has 6 heteroatoms. The molecule has 16 heavy (non-hydrogen) atoms. The predicted octanol–water partition coefficient (Wildman–Crippen LogP) is 1.61. The molecule has 0 saturated heterocycles. The smallest absolute Gasteiger partial charge is 0.327 e. The van der Waals surface area contributed by atoms with Crippen LogP contribution in [0, 0.1) is 0 Å². The molecule has 0 radical (unpaired) electrons. The maximum absolute atomic E-state index is 11.1. The number of unbranched alkanes of at least 4 members (excludes halogenated alkanes) is 2. The van der Waals surface area contributed by atoms with Crippen molar-refractivity contribution in [3.8, 4) is 0 Å². The van der Waals surface area contributed by atoms with Gasteiger partial charge < -0.3 is 19.5 Å². The Kier molecular flexibility index (Phi) is 10.3. The molecule has 0 aromatic rings. The van der Waals surface area contributed by atoms with Crippen molar-refractivity contribution in [2.75, 3.05) is 40.1 Å². The van der Waals surface area contributed by atoms with Crippen molar-refractivity contribution in [2.45, 2.75) is 25.7 Å². The third-order valence-electron chi connectivity index (χ3n) is 2.28. The Balaban J connectivity index is 3.13. The van der Waals surface area contributed by atoms with Crippen LogP contribution in [0.5, 0.6) is 0 Å². The minimum atomic E-state index is -3.28. The second-order valence-electron chi connectivity index (χ2n) is 3.70. The Morgan fingerprint density at radius 2 is 1.81 bits per heavy atom. The quantitative estimate of drug-likeness (QED) is 0.432. The Hall–Kier alpha value is 0.0700. The van der Waals surface area contributed by atoms with E-state index in [0.29, 0.717) is 0 Å². The molecule has 0 aliphatic rings. The van der Waals surface area contributed by atoms with E-state index in [0.717, 1.165) is 45.4 Å². The van der Waals surface area contributed by atoms with Crippen LogP contribution in [0.1, 0.15) is 25.7 Å². The second-order valence-corrected chi connectivity index (χ2v) is 5.79. The van der Waals surface area contributed by atoms with E-state index in [1.54, 1.807) is 7.11 Å². The highest BCUT2D eigenvalue weighted by molar-refractivity contribution is 7.52. The van der Waals surface area contributed by atoms with Crippen LogP contribution in [-0.4, -0.2) is 45.0 Å². The van der Waals surface area contributed by atoms with Crippen LogP contribution in [0.25, 0.3) is 0 Å². The standard InChI is InChI=1S/C10H24NO4P/c1-14-9-6-8-11-7-4-3-5-10-16(12,13)15-2/h11H,3-10H2,1-2H3,(H,12,13). The van der Waals surface area contributed by atoms with E-state index >= 15 is 0 Å². The Bertz CT molecular complexity index is 201. The van der Waals surface area contributed by atoms with E-state index in [4.69, 9.17) is 9.63 Å². The largest absolute Gasteiger partial charge is 0.385 e. The van der Waals surface area contributed by atoms with Crippen LogP contribution in [-0.2, 0) is 13.8 Å². The number of hydrogen-bond acceptors (Lipinski definition) is 4. The van der Waals surface area contributed by atoms with Gasteiger partial charge in [-0.15, -0.1) is 0 Å². The van der Waals surface area contributed by atoms with Gasteiger partial charge in [0.15, 0.2) is 0 Å². The molecular weight excluding hydrogens is 229 g/mol. The molecular formula is C10H24NO4P. The molecule has 98 valence electrons. The van der Waals surface area contributed by atoms with Gasteiger partial charge in [-0.2, -0.15) is 0 Å². The molecule has 0 bridgehead atoms. The van der Waals surface area contributed by atoms with E-state index in [2.05, 4.69) is 9.84 Å². The van der Waals surface area contributed by atoms with Gasteiger partial charge >= 0.3 is 7.60 Å². The molecule has 0 fully saturated rings. The summed E-state index contributed by atoms with van der Waals surface area (Å²) in [5.74, 6) is 0. The maximum atomic E-state index is 11.1. The summed E-state index contributed by atoms with van der Waals surface area (Å²) in [5, 5.41) is 3.29. The average molecular weight is 253 g/mol. The molecule has 0 aliphatic heterocycles. The molecule has 0 aliphatic carbocycles. The molecule has 0 saturated carbocycles. The van der Waals surface area contributed by atoms with Gasteiger partial charge in [0.25, 0.3) is 0 Å². The molecule has 0 amide bonds. The van der Waals surface area contributed by atoms with Crippen LogP contribution < -0.4 is 5.32 Å². The number of nitrogens with one attached hydrogen (secondary N) is 1. The minimum Gasteiger partial charge on any atom is -0.385 e. The van der Waals surface area contributed by atoms with Gasteiger partial charge in [0.1, 0.15) is 0 Å². The third-order valence-corrected chi connectivity index (χ3v) is 3.73. The topological polar surface area (TPSA) is 67.8 Å². The Labute approximate surface area is 98.1 Å². The molecule has 0 rings (SSSR count). The Morgan fingerprint density at radius 3 is 2.44 bits per heavy atom. The van der Waals surface area contributed by atoms with Crippen LogP contribution in [0.4, 0.5) is 0 Å². The first-order valence-corrected chi connectivity index (χ1v) is 7.46. The molecule has 1 atom stereocenters. The Morgan fingerprint density at radius 1 is 1.12 bits per heavy atom. The van der Waals surface area contributed by atoms with Gasteiger partial charge in [0, 0.05) is 27.0 Å². The maximum Gasteiger partial charge on any atom is 0.327 e. The number of ether oxygens (including phenoxy) is 1. The fourth-order valence-electron chi connectivity index (χ4n) is 1.30. The van der Waals surface area contributed by atoms with Crippen LogP contribution in [0.15, 0.2) is 0 Å². The molecule has 2 N–H and O–H groups in total. The van der Waals surface area contributed by atoms with Crippen LogP contribution >= 0.6 is 7.60 Å². The van der Waals surface area contributed by atoms with E-state index in [1.807, 2.05) is 0 Å². The lowest BCUT2D eigenvalue weighted by Crippen LogP contribution is -2.17. The molecule has 1 unspecified atom stereocenters. The van der Waals surface area contributed by atoms with Gasteiger partial charge in [0.2, 0.25) is 0 Å². The normalized spacial score (nSPS) is 14.9. The summed E-state index contributed by atoms with van der Waals surface area (Å²) >= 11 is 0. The second kappa shape index (κ2) is 10.2. The number of rotatable bonds is 11. The lowest BCUT2D eigenvalue weighted by Gasteiger charge is -2.08. The predicted molar refractivity (Wildman–Crippen MR) is 64.9 cm³/mol. The summed E-state index contributed by atoms with van der Waals surface area (Å²) in [6.45, 7) is 2.70.